The van der Waals surface area contributed by atoms with Crippen molar-refractivity contribution in [3.05, 3.63) is 46.1 Å². The lowest BCUT2D eigenvalue weighted by Gasteiger charge is -2.39. The average molecular weight is 399 g/mol. The lowest BCUT2D eigenvalue weighted by molar-refractivity contribution is -0.135. The summed E-state index contributed by atoms with van der Waals surface area (Å²) in [5.41, 5.74) is 2.59. The third-order valence-electron chi connectivity index (χ3n) is 6.54. The third kappa shape index (κ3) is 2.19. The first-order valence-corrected chi connectivity index (χ1v) is 10.1. The molecular weight excluding hydrogens is 380 g/mol. The quantitative estimate of drug-likeness (QED) is 0.772. The van der Waals surface area contributed by atoms with Crippen molar-refractivity contribution in [2.45, 2.75) is 37.4 Å². The zero-order valence-corrected chi connectivity index (χ0v) is 15.9. The van der Waals surface area contributed by atoms with Gasteiger partial charge in [-0.2, -0.15) is 5.10 Å². The molecule has 2 amide bonds. The monoisotopic (exact) mass is 398 g/mol. The summed E-state index contributed by atoms with van der Waals surface area (Å²) < 4.78 is 7.18. The van der Waals surface area contributed by atoms with Gasteiger partial charge in [-0.3, -0.25) is 9.59 Å². The summed E-state index contributed by atoms with van der Waals surface area (Å²) in [5.74, 6) is 0.673. The topological polar surface area (TPSA) is 67.7 Å². The summed E-state index contributed by atoms with van der Waals surface area (Å²) in [7, 11) is 0. The number of rotatable bonds is 2. The fourth-order valence-corrected chi connectivity index (χ4v) is 5.33. The molecule has 0 N–H and O–H groups in total. The number of hydrogen-bond acceptors (Lipinski definition) is 4. The van der Waals surface area contributed by atoms with Crippen LogP contribution in [0.15, 0.2) is 24.3 Å². The number of likely N-dealkylation sites (tertiary alicyclic amines) is 2. The number of halogens is 1. The summed E-state index contributed by atoms with van der Waals surface area (Å²) in [6.07, 6.45) is 1.56. The lowest BCUT2D eigenvalue weighted by atomic mass is 9.76. The first kappa shape index (κ1) is 16.4. The second kappa shape index (κ2) is 5.73. The van der Waals surface area contributed by atoms with Gasteiger partial charge in [0.1, 0.15) is 6.61 Å². The van der Waals surface area contributed by atoms with Crippen molar-refractivity contribution < 1.29 is 14.3 Å². The Kier molecular flexibility index (Phi) is 3.36. The molecule has 3 atom stereocenters. The van der Waals surface area contributed by atoms with Crippen molar-refractivity contribution in [1.29, 1.82) is 0 Å². The van der Waals surface area contributed by atoms with Crippen LogP contribution in [0.3, 0.4) is 0 Å². The molecule has 2 bridgehead atoms. The van der Waals surface area contributed by atoms with Crippen LogP contribution < -0.4 is 4.74 Å². The van der Waals surface area contributed by atoms with Crippen molar-refractivity contribution in [3.63, 3.8) is 0 Å². The van der Waals surface area contributed by atoms with Crippen LogP contribution in [0.1, 0.15) is 34.0 Å². The van der Waals surface area contributed by atoms with Gasteiger partial charge in [-0.05, 0) is 30.0 Å². The van der Waals surface area contributed by atoms with Crippen molar-refractivity contribution in [2.24, 2.45) is 0 Å². The van der Waals surface area contributed by atoms with Crippen LogP contribution in [0.5, 0.6) is 5.88 Å². The smallest absolute Gasteiger partial charge is 0.274 e. The second-order valence-electron chi connectivity index (χ2n) is 8.00. The molecule has 144 valence electrons. The zero-order chi connectivity index (χ0) is 19.0. The maximum atomic E-state index is 13.1. The van der Waals surface area contributed by atoms with E-state index < -0.39 is 0 Å². The fourth-order valence-electron chi connectivity index (χ4n) is 5.07. The number of carbonyl (C=O) groups is 2. The number of piperazine rings is 1. The summed E-state index contributed by atoms with van der Waals surface area (Å²) >= 11 is 6.21. The average Bonchev–Trinajstić information content (AvgIpc) is 3.41. The number of carbonyl (C=O) groups excluding carboxylic acids is 2. The Hall–Kier alpha value is -2.54. The Morgan fingerprint density at radius 3 is 2.79 bits per heavy atom. The van der Waals surface area contributed by atoms with E-state index >= 15 is 0 Å². The van der Waals surface area contributed by atoms with Crippen LogP contribution in [0.4, 0.5) is 0 Å². The molecule has 8 heteroatoms. The number of fused-ring (bicyclic) bond motifs is 4. The van der Waals surface area contributed by atoms with E-state index in [1.807, 2.05) is 28.0 Å². The highest BCUT2D eigenvalue weighted by Crippen LogP contribution is 2.43. The zero-order valence-electron chi connectivity index (χ0n) is 15.2. The molecule has 1 aliphatic carbocycles. The predicted octanol–water partition coefficient (Wildman–Crippen LogP) is 1.69. The van der Waals surface area contributed by atoms with E-state index in [1.165, 1.54) is 0 Å². The Balaban J connectivity index is 1.16. The van der Waals surface area contributed by atoms with E-state index in [1.54, 1.807) is 10.7 Å². The normalized spacial score (nSPS) is 26.7. The molecule has 2 aromatic rings. The predicted molar refractivity (Wildman–Crippen MR) is 101 cm³/mol. The van der Waals surface area contributed by atoms with Crippen LogP contribution in [0.25, 0.3) is 0 Å². The highest BCUT2D eigenvalue weighted by molar-refractivity contribution is 6.31. The number of nitrogens with zero attached hydrogens (tertiary/aromatic N) is 4. The van der Waals surface area contributed by atoms with Gasteiger partial charge in [0.05, 0.1) is 24.5 Å². The summed E-state index contributed by atoms with van der Waals surface area (Å²) in [6, 6.07) is 7.66. The van der Waals surface area contributed by atoms with Crippen molar-refractivity contribution in [3.8, 4) is 5.88 Å². The lowest BCUT2D eigenvalue weighted by Crippen LogP contribution is -2.52. The molecule has 4 aliphatic rings. The first-order chi connectivity index (χ1) is 13.6. The van der Waals surface area contributed by atoms with Crippen LogP contribution in [0.2, 0.25) is 5.02 Å². The van der Waals surface area contributed by atoms with Gasteiger partial charge >= 0.3 is 0 Å². The van der Waals surface area contributed by atoms with Gasteiger partial charge in [0.15, 0.2) is 5.69 Å². The largest absolute Gasteiger partial charge is 0.476 e. The number of hydrogen-bond donors (Lipinski definition) is 0. The van der Waals surface area contributed by atoms with Crippen LogP contribution in [-0.2, 0) is 17.8 Å². The molecule has 3 aliphatic heterocycles. The summed E-state index contributed by atoms with van der Waals surface area (Å²) in [4.78, 5) is 29.8. The minimum absolute atomic E-state index is 0.0640. The van der Waals surface area contributed by atoms with Crippen LogP contribution in [0, 0.1) is 0 Å². The van der Waals surface area contributed by atoms with E-state index in [4.69, 9.17) is 16.3 Å². The van der Waals surface area contributed by atoms with Gasteiger partial charge in [0, 0.05) is 24.2 Å². The number of amides is 2. The molecule has 0 radical (unpaired) electrons. The van der Waals surface area contributed by atoms with Crippen LogP contribution in [-0.4, -0.2) is 63.2 Å². The van der Waals surface area contributed by atoms with E-state index in [0.29, 0.717) is 44.2 Å². The third-order valence-corrected chi connectivity index (χ3v) is 6.89. The molecule has 4 heterocycles. The molecule has 2 saturated heterocycles. The number of ether oxygens (including phenoxy) is 1. The molecule has 7 nitrogen and oxygen atoms in total. The van der Waals surface area contributed by atoms with Crippen molar-refractivity contribution in [2.75, 3.05) is 19.7 Å². The van der Waals surface area contributed by atoms with Gasteiger partial charge in [-0.15, -0.1) is 0 Å². The Morgan fingerprint density at radius 2 is 2.00 bits per heavy atom. The minimum Gasteiger partial charge on any atom is -0.476 e. The highest BCUT2D eigenvalue weighted by atomic mass is 35.5. The SMILES string of the molecule is O=C(c1cc2n(n1)CCO2)N1C[C@@H]2C[C@H]1CN2C(=O)C1Cc2c(Cl)cccc21. The second-order valence-corrected chi connectivity index (χ2v) is 8.40. The fraction of sp³-hybridized carbons (Fsp3) is 0.450. The molecule has 1 unspecified atom stereocenters. The van der Waals surface area contributed by atoms with Gasteiger partial charge < -0.3 is 14.5 Å². The van der Waals surface area contributed by atoms with E-state index in [-0.39, 0.29) is 29.8 Å². The van der Waals surface area contributed by atoms with Gasteiger partial charge in [-0.1, -0.05) is 23.7 Å². The molecule has 6 rings (SSSR count). The maximum absolute atomic E-state index is 13.1. The number of aromatic nitrogens is 2. The Morgan fingerprint density at radius 1 is 1.18 bits per heavy atom. The standard InChI is InChI=1S/C20H19ClN4O3/c21-16-3-1-2-13-14(16)7-15(13)19(26)23-9-12-6-11(23)10-24(12)20(27)17-8-18-25(22-17)4-5-28-18/h1-3,8,11-12,15H,4-7,9-10H2/t11-,12-,15?/m0/s1. The Labute approximate surface area is 166 Å². The number of benzene rings is 1. The molecule has 2 fully saturated rings. The summed E-state index contributed by atoms with van der Waals surface area (Å²) in [6.45, 7) is 2.47. The Bertz CT molecular complexity index is 997. The molecule has 28 heavy (non-hydrogen) atoms. The molecule has 0 spiro atoms. The highest BCUT2D eigenvalue weighted by Gasteiger charge is 2.50. The molecular formula is C20H19ClN4O3. The molecule has 1 aromatic heterocycles. The van der Waals surface area contributed by atoms with Crippen molar-refractivity contribution in [1.82, 2.24) is 19.6 Å². The van der Waals surface area contributed by atoms with Crippen molar-refractivity contribution >= 4 is 23.4 Å². The van der Waals surface area contributed by atoms with Gasteiger partial charge in [0.25, 0.3) is 5.91 Å². The van der Waals surface area contributed by atoms with E-state index in [9.17, 15) is 9.59 Å². The van der Waals surface area contributed by atoms with Gasteiger partial charge in [0.2, 0.25) is 11.8 Å². The minimum atomic E-state index is -0.0922. The summed E-state index contributed by atoms with van der Waals surface area (Å²) in [5, 5.41) is 5.11. The van der Waals surface area contributed by atoms with E-state index in [0.717, 1.165) is 22.6 Å². The first-order valence-electron chi connectivity index (χ1n) is 9.69. The molecule has 1 aromatic carbocycles. The van der Waals surface area contributed by atoms with Gasteiger partial charge in [-0.25, -0.2) is 4.68 Å². The van der Waals surface area contributed by atoms with Crippen LogP contribution >= 0.6 is 11.6 Å². The van der Waals surface area contributed by atoms with E-state index in [2.05, 4.69) is 5.10 Å². The maximum Gasteiger partial charge on any atom is 0.274 e. The molecule has 0 saturated carbocycles.